The highest BCUT2D eigenvalue weighted by molar-refractivity contribution is 7.10. The van der Waals surface area contributed by atoms with Crippen LogP contribution in [-0.4, -0.2) is 33.6 Å². The molecule has 2 heterocycles. The fourth-order valence-electron chi connectivity index (χ4n) is 1.41. The summed E-state index contributed by atoms with van der Waals surface area (Å²) in [5, 5.41) is 10.3. The van der Waals surface area contributed by atoms with Gasteiger partial charge in [0.25, 0.3) is 0 Å². The molecule has 2 aromatic rings. The highest BCUT2D eigenvalue weighted by atomic mass is 32.1. The predicted molar refractivity (Wildman–Crippen MR) is 66.7 cm³/mol. The van der Waals surface area contributed by atoms with Gasteiger partial charge in [-0.2, -0.15) is 0 Å². The van der Waals surface area contributed by atoms with Gasteiger partial charge in [0.05, 0.1) is 11.2 Å². The Morgan fingerprint density at radius 1 is 1.44 bits per heavy atom. The van der Waals surface area contributed by atoms with E-state index in [1.807, 2.05) is 12.6 Å². The van der Waals surface area contributed by atoms with Crippen molar-refractivity contribution in [2.45, 2.75) is 13.1 Å². The lowest BCUT2D eigenvalue weighted by Gasteiger charge is -2.13. The molecule has 0 unspecified atom stereocenters. The largest absolute Gasteiger partial charge is 0.377 e. The van der Waals surface area contributed by atoms with Crippen molar-refractivity contribution >= 4 is 27.9 Å². The van der Waals surface area contributed by atoms with Crippen LogP contribution in [0.1, 0.15) is 11.4 Å². The van der Waals surface area contributed by atoms with Crippen LogP contribution in [0.15, 0.2) is 10.9 Å². The van der Waals surface area contributed by atoms with Gasteiger partial charge in [0.15, 0.2) is 0 Å². The van der Waals surface area contributed by atoms with E-state index in [0.29, 0.717) is 0 Å². The third-order valence-electron chi connectivity index (χ3n) is 2.12. The first-order valence-corrected chi connectivity index (χ1v) is 6.56. The van der Waals surface area contributed by atoms with Gasteiger partial charge in [-0.25, -0.2) is 4.98 Å². The Hall–Kier alpha value is -1.05. The molecule has 0 saturated heterocycles. The van der Waals surface area contributed by atoms with E-state index >= 15 is 0 Å². The summed E-state index contributed by atoms with van der Waals surface area (Å²) in [4.78, 5) is 6.43. The maximum atomic E-state index is 4.26. The van der Waals surface area contributed by atoms with Crippen LogP contribution in [0.2, 0.25) is 0 Å². The lowest BCUT2D eigenvalue weighted by atomic mass is 10.4. The summed E-state index contributed by atoms with van der Waals surface area (Å²) >= 11 is 3.01. The van der Waals surface area contributed by atoms with Crippen LogP contribution in [0.5, 0.6) is 0 Å². The number of thiazole rings is 1. The lowest BCUT2D eigenvalue weighted by Crippen LogP contribution is -2.18. The molecule has 0 radical (unpaired) electrons. The van der Waals surface area contributed by atoms with Crippen molar-refractivity contribution in [1.29, 1.82) is 0 Å². The smallest absolute Gasteiger partial charge is 0.134 e. The molecular weight excluding hydrogens is 242 g/mol. The van der Waals surface area contributed by atoms with E-state index in [1.54, 1.807) is 11.3 Å². The van der Waals surface area contributed by atoms with Crippen molar-refractivity contribution < 1.29 is 0 Å². The average molecular weight is 255 g/mol. The minimum absolute atomic E-state index is 0.782. The van der Waals surface area contributed by atoms with E-state index < -0.39 is 0 Å². The molecule has 2 aromatic heterocycles. The molecule has 16 heavy (non-hydrogen) atoms. The standard InChI is InChI=1S/C9H13N5S2/c1-10-9-8(12-13-16-9)4-14(2)3-7-5-15-6-11-7/h5-6,10H,3-4H2,1-2H3. The van der Waals surface area contributed by atoms with Gasteiger partial charge in [-0.1, -0.05) is 4.49 Å². The number of rotatable bonds is 5. The average Bonchev–Trinajstić information content (AvgIpc) is 2.88. The molecule has 0 saturated carbocycles. The molecule has 1 N–H and O–H groups in total. The summed E-state index contributed by atoms with van der Waals surface area (Å²) in [6.07, 6.45) is 0. The van der Waals surface area contributed by atoms with Crippen LogP contribution < -0.4 is 5.32 Å². The van der Waals surface area contributed by atoms with Gasteiger partial charge in [0.2, 0.25) is 0 Å². The molecule has 2 rings (SSSR count). The van der Waals surface area contributed by atoms with Crippen LogP contribution in [-0.2, 0) is 13.1 Å². The van der Waals surface area contributed by atoms with E-state index in [2.05, 4.69) is 37.2 Å². The first kappa shape index (κ1) is 11.4. The third kappa shape index (κ3) is 2.75. The van der Waals surface area contributed by atoms with E-state index in [9.17, 15) is 0 Å². The Balaban J connectivity index is 1.94. The first-order chi connectivity index (χ1) is 7.79. The van der Waals surface area contributed by atoms with Gasteiger partial charge < -0.3 is 5.32 Å². The number of hydrogen-bond donors (Lipinski definition) is 1. The predicted octanol–water partition coefficient (Wildman–Crippen LogP) is 1.67. The Morgan fingerprint density at radius 3 is 3.00 bits per heavy atom. The first-order valence-electron chi connectivity index (χ1n) is 4.84. The molecule has 5 nitrogen and oxygen atoms in total. The Bertz CT molecular complexity index is 425. The van der Waals surface area contributed by atoms with Crippen LogP contribution in [0.4, 0.5) is 5.00 Å². The summed E-state index contributed by atoms with van der Waals surface area (Å²) in [5.41, 5.74) is 3.94. The van der Waals surface area contributed by atoms with E-state index in [0.717, 1.165) is 29.5 Å². The topological polar surface area (TPSA) is 53.9 Å². The Labute approximate surface area is 102 Å². The maximum absolute atomic E-state index is 4.26. The van der Waals surface area contributed by atoms with Crippen molar-refractivity contribution in [3.05, 3.63) is 22.3 Å². The van der Waals surface area contributed by atoms with Crippen molar-refractivity contribution in [3.8, 4) is 0 Å². The molecule has 0 aromatic carbocycles. The number of anilines is 1. The number of nitrogens with one attached hydrogen (secondary N) is 1. The second kappa shape index (κ2) is 5.33. The molecule has 0 atom stereocenters. The number of hydrogen-bond acceptors (Lipinski definition) is 7. The summed E-state index contributed by atoms with van der Waals surface area (Å²) in [6, 6.07) is 0. The minimum Gasteiger partial charge on any atom is -0.377 e. The second-order valence-electron chi connectivity index (χ2n) is 3.45. The zero-order valence-electron chi connectivity index (χ0n) is 9.17. The van der Waals surface area contributed by atoms with E-state index in [4.69, 9.17) is 0 Å². The quantitative estimate of drug-likeness (QED) is 0.880. The second-order valence-corrected chi connectivity index (χ2v) is 4.92. The molecule has 0 fully saturated rings. The Kier molecular flexibility index (Phi) is 3.81. The number of aromatic nitrogens is 3. The third-order valence-corrected chi connectivity index (χ3v) is 3.54. The van der Waals surface area contributed by atoms with Gasteiger partial charge in [-0.05, 0) is 7.05 Å². The van der Waals surface area contributed by atoms with Crippen molar-refractivity contribution in [3.63, 3.8) is 0 Å². The van der Waals surface area contributed by atoms with Crippen LogP contribution in [0.25, 0.3) is 0 Å². The highest BCUT2D eigenvalue weighted by Gasteiger charge is 2.10. The summed E-state index contributed by atoms with van der Waals surface area (Å²) in [7, 11) is 3.94. The summed E-state index contributed by atoms with van der Waals surface area (Å²) in [5.74, 6) is 0. The van der Waals surface area contributed by atoms with E-state index in [1.165, 1.54) is 11.5 Å². The highest BCUT2D eigenvalue weighted by Crippen LogP contribution is 2.18. The zero-order chi connectivity index (χ0) is 11.4. The minimum atomic E-state index is 0.782. The zero-order valence-corrected chi connectivity index (χ0v) is 10.8. The SMILES string of the molecule is CNc1snnc1CN(C)Cc1cscn1. The summed E-state index contributed by atoms with van der Waals surface area (Å²) < 4.78 is 3.93. The molecule has 7 heteroatoms. The number of nitrogens with zero attached hydrogens (tertiary/aromatic N) is 4. The molecule has 0 aliphatic rings. The molecule has 0 spiro atoms. The van der Waals surface area contributed by atoms with Crippen LogP contribution in [0.3, 0.4) is 0 Å². The van der Waals surface area contributed by atoms with Crippen LogP contribution in [0, 0.1) is 0 Å². The molecule has 0 aliphatic heterocycles. The van der Waals surface area contributed by atoms with Gasteiger partial charge in [0.1, 0.15) is 10.7 Å². The fraction of sp³-hybridized carbons (Fsp3) is 0.444. The lowest BCUT2D eigenvalue weighted by molar-refractivity contribution is 0.312. The van der Waals surface area contributed by atoms with Gasteiger partial charge in [0, 0.05) is 37.0 Å². The molecular formula is C9H13N5S2. The normalized spacial score (nSPS) is 10.9. The van der Waals surface area contributed by atoms with Gasteiger partial charge in [-0.15, -0.1) is 16.4 Å². The van der Waals surface area contributed by atoms with Gasteiger partial charge in [-0.3, -0.25) is 4.90 Å². The van der Waals surface area contributed by atoms with Gasteiger partial charge >= 0.3 is 0 Å². The summed E-state index contributed by atoms with van der Waals surface area (Å²) in [6.45, 7) is 1.62. The molecule has 86 valence electrons. The van der Waals surface area contributed by atoms with Crippen molar-refractivity contribution in [2.24, 2.45) is 0 Å². The molecule has 0 aliphatic carbocycles. The fourth-order valence-corrected chi connectivity index (χ4v) is 2.48. The van der Waals surface area contributed by atoms with Crippen molar-refractivity contribution in [2.75, 3.05) is 19.4 Å². The van der Waals surface area contributed by atoms with E-state index in [-0.39, 0.29) is 0 Å². The maximum Gasteiger partial charge on any atom is 0.134 e. The molecule has 0 amide bonds. The molecule has 0 bridgehead atoms. The van der Waals surface area contributed by atoms with Crippen molar-refractivity contribution in [1.82, 2.24) is 19.5 Å². The Morgan fingerprint density at radius 2 is 2.31 bits per heavy atom. The van der Waals surface area contributed by atoms with Crippen LogP contribution >= 0.6 is 22.9 Å². The monoisotopic (exact) mass is 255 g/mol.